The van der Waals surface area contributed by atoms with E-state index < -0.39 is 5.97 Å². The highest BCUT2D eigenvalue weighted by Gasteiger charge is 2.15. The molecule has 1 aromatic heterocycles. The Bertz CT molecular complexity index is 673. The summed E-state index contributed by atoms with van der Waals surface area (Å²) in [6.07, 6.45) is 0. The molecule has 2 aromatic rings. The highest BCUT2D eigenvalue weighted by atomic mass is 16.7. The molecule has 0 unspecified atom stereocenters. The molecule has 0 aliphatic carbocycles. The molecule has 0 saturated carbocycles. The number of aryl methyl sites for hydroxylation is 1. The minimum atomic E-state index is -1.00. The Morgan fingerprint density at radius 1 is 1.24 bits per heavy atom. The average molecular weight is 290 g/mol. The van der Waals surface area contributed by atoms with Crippen molar-refractivity contribution in [2.75, 3.05) is 6.79 Å². The molecule has 6 nitrogen and oxygen atoms in total. The lowest BCUT2D eigenvalue weighted by Crippen LogP contribution is -1.95. The van der Waals surface area contributed by atoms with Crippen molar-refractivity contribution in [2.24, 2.45) is 0 Å². The first-order valence-electron chi connectivity index (χ1n) is 6.42. The monoisotopic (exact) mass is 290 g/mol. The fraction of sp³-hybridized carbons (Fsp3) is 0.267. The van der Waals surface area contributed by atoms with Crippen LogP contribution in [0.15, 0.2) is 28.7 Å². The molecule has 2 heterocycles. The number of carbonyl (C=O) groups is 1. The maximum atomic E-state index is 10.9. The van der Waals surface area contributed by atoms with Crippen LogP contribution < -0.4 is 9.47 Å². The molecule has 0 atom stereocenters. The number of ether oxygens (including phenoxy) is 3. The summed E-state index contributed by atoms with van der Waals surface area (Å²) in [7, 11) is 0. The van der Waals surface area contributed by atoms with Crippen molar-refractivity contribution >= 4 is 5.97 Å². The summed E-state index contributed by atoms with van der Waals surface area (Å²) in [5.74, 6) is 1.30. The second kappa shape index (κ2) is 5.49. The summed E-state index contributed by atoms with van der Waals surface area (Å²) in [5.41, 5.74) is 1.11. The highest BCUT2D eigenvalue weighted by Crippen LogP contribution is 2.32. The van der Waals surface area contributed by atoms with E-state index in [-0.39, 0.29) is 19.0 Å². The molecular formula is C15H14O6. The van der Waals surface area contributed by atoms with Crippen LogP contribution in [0.2, 0.25) is 0 Å². The van der Waals surface area contributed by atoms with E-state index in [4.69, 9.17) is 23.7 Å². The zero-order valence-corrected chi connectivity index (χ0v) is 11.4. The summed E-state index contributed by atoms with van der Waals surface area (Å²) in [6.45, 7) is 2.44. The van der Waals surface area contributed by atoms with Crippen molar-refractivity contribution in [1.29, 1.82) is 0 Å². The van der Waals surface area contributed by atoms with E-state index in [2.05, 4.69) is 0 Å². The van der Waals surface area contributed by atoms with Gasteiger partial charge < -0.3 is 23.7 Å². The van der Waals surface area contributed by atoms with Crippen LogP contribution >= 0.6 is 0 Å². The molecule has 1 aliphatic rings. The van der Waals surface area contributed by atoms with Crippen molar-refractivity contribution in [3.8, 4) is 11.5 Å². The number of hydrogen-bond acceptors (Lipinski definition) is 5. The predicted molar refractivity (Wildman–Crippen MR) is 71.5 cm³/mol. The van der Waals surface area contributed by atoms with E-state index in [0.717, 1.165) is 11.3 Å². The summed E-state index contributed by atoms with van der Waals surface area (Å²) >= 11 is 0. The lowest BCUT2D eigenvalue weighted by Gasteiger charge is -2.04. The molecule has 0 bridgehead atoms. The van der Waals surface area contributed by atoms with Gasteiger partial charge in [-0.1, -0.05) is 6.07 Å². The van der Waals surface area contributed by atoms with Gasteiger partial charge in [0.2, 0.25) is 6.79 Å². The molecular weight excluding hydrogens is 276 g/mol. The van der Waals surface area contributed by atoms with Crippen LogP contribution in [-0.2, 0) is 18.0 Å². The molecule has 1 N–H and O–H groups in total. The molecule has 0 saturated heterocycles. The maximum Gasteiger partial charge on any atom is 0.339 e. The van der Waals surface area contributed by atoms with Gasteiger partial charge in [-0.25, -0.2) is 4.79 Å². The third-order valence-corrected chi connectivity index (χ3v) is 3.15. The van der Waals surface area contributed by atoms with E-state index in [1.54, 1.807) is 6.92 Å². The minimum absolute atomic E-state index is 0.164. The summed E-state index contributed by atoms with van der Waals surface area (Å²) in [4.78, 5) is 10.9. The Morgan fingerprint density at radius 2 is 2.05 bits per heavy atom. The predicted octanol–water partition coefficient (Wildman–Crippen LogP) is 2.73. The fourth-order valence-electron chi connectivity index (χ4n) is 2.13. The van der Waals surface area contributed by atoms with E-state index >= 15 is 0 Å². The van der Waals surface area contributed by atoms with Crippen LogP contribution in [0.25, 0.3) is 0 Å². The Morgan fingerprint density at radius 3 is 2.81 bits per heavy atom. The van der Waals surface area contributed by atoms with Crippen LogP contribution in [0.5, 0.6) is 11.5 Å². The zero-order chi connectivity index (χ0) is 14.8. The van der Waals surface area contributed by atoms with E-state index in [1.165, 1.54) is 6.07 Å². The molecule has 0 radical (unpaired) electrons. The summed E-state index contributed by atoms with van der Waals surface area (Å²) in [6, 6.07) is 7.07. The van der Waals surface area contributed by atoms with Crippen LogP contribution in [0.1, 0.15) is 27.4 Å². The lowest BCUT2D eigenvalue weighted by atomic mass is 10.2. The number of benzene rings is 1. The highest BCUT2D eigenvalue weighted by molar-refractivity contribution is 5.88. The van der Waals surface area contributed by atoms with Gasteiger partial charge in [-0.05, 0) is 30.7 Å². The Hall–Kier alpha value is -2.47. The van der Waals surface area contributed by atoms with Crippen LogP contribution in [0.4, 0.5) is 0 Å². The molecule has 1 aromatic carbocycles. The lowest BCUT2D eigenvalue weighted by molar-refractivity contribution is 0.0695. The molecule has 110 valence electrons. The second-order valence-electron chi connectivity index (χ2n) is 4.67. The number of rotatable bonds is 5. The van der Waals surface area contributed by atoms with Crippen molar-refractivity contribution in [2.45, 2.75) is 20.1 Å². The number of hydrogen-bond donors (Lipinski definition) is 1. The number of carboxylic acid groups (broad SMARTS) is 1. The Kier molecular flexibility index (Phi) is 3.53. The third-order valence-electron chi connectivity index (χ3n) is 3.15. The molecule has 0 spiro atoms. The van der Waals surface area contributed by atoms with Gasteiger partial charge in [0.1, 0.15) is 23.7 Å². The zero-order valence-electron chi connectivity index (χ0n) is 11.4. The summed E-state index contributed by atoms with van der Waals surface area (Å²) < 4.78 is 21.4. The van der Waals surface area contributed by atoms with Gasteiger partial charge in [0.05, 0.1) is 6.61 Å². The van der Waals surface area contributed by atoms with Crippen molar-refractivity contribution in [3.63, 3.8) is 0 Å². The maximum absolute atomic E-state index is 10.9. The van der Waals surface area contributed by atoms with E-state index in [9.17, 15) is 4.79 Å². The van der Waals surface area contributed by atoms with E-state index in [1.807, 2.05) is 18.2 Å². The Labute approximate surface area is 120 Å². The number of fused-ring (bicyclic) bond motifs is 1. The normalized spacial score (nSPS) is 12.6. The smallest absolute Gasteiger partial charge is 0.339 e. The van der Waals surface area contributed by atoms with Crippen molar-refractivity contribution < 1.29 is 28.5 Å². The minimum Gasteiger partial charge on any atom is -0.478 e. The largest absolute Gasteiger partial charge is 0.478 e. The topological polar surface area (TPSA) is 78.1 Å². The first kappa shape index (κ1) is 13.5. The SMILES string of the molecule is Cc1oc(COCc2ccc3c(c2)OCO3)cc1C(=O)O. The van der Waals surface area contributed by atoms with Gasteiger partial charge in [0.25, 0.3) is 0 Å². The average Bonchev–Trinajstić information content (AvgIpc) is 3.04. The van der Waals surface area contributed by atoms with Gasteiger partial charge >= 0.3 is 5.97 Å². The van der Waals surface area contributed by atoms with Gasteiger partial charge in [0.15, 0.2) is 11.5 Å². The first-order chi connectivity index (χ1) is 10.1. The quantitative estimate of drug-likeness (QED) is 0.912. The molecule has 21 heavy (non-hydrogen) atoms. The standard InChI is InChI=1S/C15H14O6/c1-9-12(15(16)17)5-11(21-9)7-18-6-10-2-3-13-14(4-10)20-8-19-13/h2-5H,6-8H2,1H3,(H,16,17). The van der Waals surface area contributed by atoms with E-state index in [0.29, 0.717) is 23.9 Å². The van der Waals surface area contributed by atoms with Crippen LogP contribution in [-0.4, -0.2) is 17.9 Å². The van der Waals surface area contributed by atoms with Gasteiger partial charge in [-0.15, -0.1) is 0 Å². The van der Waals surface area contributed by atoms with Gasteiger partial charge in [0, 0.05) is 0 Å². The number of aromatic carboxylic acids is 1. The fourth-order valence-corrected chi connectivity index (χ4v) is 2.13. The molecule has 0 fully saturated rings. The molecule has 0 amide bonds. The first-order valence-corrected chi connectivity index (χ1v) is 6.42. The van der Waals surface area contributed by atoms with Gasteiger partial charge in [-0.3, -0.25) is 0 Å². The van der Waals surface area contributed by atoms with Crippen molar-refractivity contribution in [1.82, 2.24) is 0 Å². The van der Waals surface area contributed by atoms with Crippen LogP contribution in [0, 0.1) is 6.92 Å². The molecule has 1 aliphatic heterocycles. The van der Waals surface area contributed by atoms with Crippen molar-refractivity contribution in [3.05, 3.63) is 46.9 Å². The van der Waals surface area contributed by atoms with Gasteiger partial charge in [-0.2, -0.15) is 0 Å². The van der Waals surface area contributed by atoms with Crippen LogP contribution in [0.3, 0.4) is 0 Å². The number of furan rings is 1. The summed E-state index contributed by atoms with van der Waals surface area (Å²) in [5, 5.41) is 8.95. The Balaban J connectivity index is 1.59. The second-order valence-corrected chi connectivity index (χ2v) is 4.67. The third kappa shape index (κ3) is 2.85. The molecule has 3 rings (SSSR count). The molecule has 6 heteroatoms. The number of carboxylic acids is 1.